The molecule has 0 aliphatic heterocycles. The van der Waals surface area contributed by atoms with Gasteiger partial charge in [0.15, 0.2) is 5.01 Å². The Morgan fingerprint density at radius 3 is 2.68 bits per heavy atom. The summed E-state index contributed by atoms with van der Waals surface area (Å²) in [4.78, 5) is 23.9. The van der Waals surface area contributed by atoms with Crippen LogP contribution in [0.1, 0.15) is 37.8 Å². The fraction of sp³-hybridized carbons (Fsp3) is 0.188. The van der Waals surface area contributed by atoms with Gasteiger partial charge in [-0.15, -0.1) is 10.2 Å². The summed E-state index contributed by atoms with van der Waals surface area (Å²) < 4.78 is 5.08. The van der Waals surface area contributed by atoms with E-state index in [1.165, 1.54) is 17.8 Å². The summed E-state index contributed by atoms with van der Waals surface area (Å²) in [5, 5.41) is 17.3. The number of ether oxygens (including phenoxy) is 1. The topological polar surface area (TPSA) is 110 Å². The van der Waals surface area contributed by atoms with E-state index >= 15 is 0 Å². The first kappa shape index (κ1) is 16.8. The molecule has 25 heavy (non-hydrogen) atoms. The number of nitrogens with zero attached hydrogens (tertiary/aromatic N) is 3. The van der Waals surface area contributed by atoms with Crippen LogP contribution in [0.3, 0.4) is 0 Å². The van der Waals surface area contributed by atoms with Crippen molar-refractivity contribution in [1.82, 2.24) is 20.4 Å². The molecule has 0 saturated carbocycles. The van der Waals surface area contributed by atoms with Gasteiger partial charge in [0, 0.05) is 11.9 Å². The summed E-state index contributed by atoms with van der Waals surface area (Å²) in [6, 6.07) is 9.09. The number of aromatic amines is 1. The number of H-pyrrole nitrogens is 1. The first-order valence-corrected chi connectivity index (χ1v) is 8.36. The van der Waals surface area contributed by atoms with E-state index < -0.39 is 5.97 Å². The van der Waals surface area contributed by atoms with E-state index in [0.29, 0.717) is 10.7 Å². The molecule has 2 aromatic heterocycles. The van der Waals surface area contributed by atoms with Crippen LogP contribution in [0.25, 0.3) is 0 Å². The van der Waals surface area contributed by atoms with Crippen LogP contribution >= 0.6 is 11.3 Å². The van der Waals surface area contributed by atoms with Crippen molar-refractivity contribution in [3.8, 4) is 0 Å². The molecule has 1 aromatic carbocycles. The van der Waals surface area contributed by atoms with Crippen molar-refractivity contribution in [2.45, 2.75) is 20.0 Å². The van der Waals surface area contributed by atoms with Crippen molar-refractivity contribution < 1.29 is 14.3 Å². The summed E-state index contributed by atoms with van der Waals surface area (Å²) >= 11 is 1.07. The van der Waals surface area contributed by atoms with E-state index in [1.807, 2.05) is 24.3 Å². The molecule has 0 bridgehead atoms. The molecule has 128 valence electrons. The highest BCUT2D eigenvalue weighted by atomic mass is 32.1. The van der Waals surface area contributed by atoms with E-state index in [4.69, 9.17) is 4.74 Å². The van der Waals surface area contributed by atoms with E-state index in [0.717, 1.165) is 17.8 Å². The van der Waals surface area contributed by atoms with Crippen molar-refractivity contribution in [2.24, 2.45) is 0 Å². The third-order valence-electron chi connectivity index (χ3n) is 3.33. The van der Waals surface area contributed by atoms with E-state index in [2.05, 4.69) is 32.6 Å². The molecule has 0 aliphatic rings. The quantitative estimate of drug-likeness (QED) is 0.656. The molecule has 8 nitrogen and oxygen atoms in total. The number of rotatable bonds is 6. The predicted octanol–water partition coefficient (Wildman–Crippen LogP) is 2.43. The van der Waals surface area contributed by atoms with Gasteiger partial charge in [0.1, 0.15) is 12.3 Å². The van der Waals surface area contributed by atoms with Crippen molar-refractivity contribution in [3.63, 3.8) is 0 Å². The monoisotopic (exact) mass is 357 g/mol. The number of anilines is 1. The summed E-state index contributed by atoms with van der Waals surface area (Å²) in [5.74, 6) is -0.900. The zero-order valence-electron chi connectivity index (χ0n) is 13.4. The Labute approximate surface area is 147 Å². The number of hydrogen-bond donors (Lipinski definition) is 2. The second kappa shape index (κ2) is 7.67. The molecule has 3 rings (SSSR count). The van der Waals surface area contributed by atoms with Crippen molar-refractivity contribution >= 4 is 28.9 Å². The molecule has 2 N–H and O–H groups in total. The van der Waals surface area contributed by atoms with Crippen LogP contribution in [0, 0.1) is 0 Å². The molecular formula is C16H15N5O3S. The van der Waals surface area contributed by atoms with Crippen molar-refractivity contribution in [3.05, 3.63) is 57.8 Å². The molecule has 0 radical (unpaired) electrons. The number of benzene rings is 1. The standard InChI is InChI=1S/C16H15N5O3S/c1-2-10-3-5-11(6-4-10)18-14(22)15-21-20-13(25-15)9-24-16(23)12-7-8-17-19-12/h3-8H,2,9H2,1H3,(H,17,19)(H,18,22). The summed E-state index contributed by atoms with van der Waals surface area (Å²) in [5.41, 5.74) is 2.12. The first-order valence-electron chi connectivity index (χ1n) is 7.55. The van der Waals surface area contributed by atoms with Crippen LogP contribution in [-0.4, -0.2) is 32.3 Å². The summed E-state index contributed by atoms with van der Waals surface area (Å²) in [7, 11) is 0. The minimum absolute atomic E-state index is 0.0615. The third-order valence-corrected chi connectivity index (χ3v) is 4.22. The second-order valence-electron chi connectivity index (χ2n) is 5.05. The number of nitrogens with one attached hydrogen (secondary N) is 2. The molecule has 0 spiro atoms. The van der Waals surface area contributed by atoms with Gasteiger partial charge < -0.3 is 10.1 Å². The average Bonchev–Trinajstić information content (AvgIpc) is 3.32. The molecular weight excluding hydrogens is 342 g/mol. The van der Waals surface area contributed by atoms with Crippen LogP contribution in [0.15, 0.2) is 36.5 Å². The molecule has 2 heterocycles. The van der Waals surface area contributed by atoms with E-state index in [9.17, 15) is 9.59 Å². The maximum atomic E-state index is 12.2. The smallest absolute Gasteiger partial charge is 0.356 e. The Hall–Kier alpha value is -3.07. The zero-order chi connectivity index (χ0) is 17.6. The third kappa shape index (κ3) is 4.27. The highest BCUT2D eigenvalue weighted by Gasteiger charge is 2.15. The largest absolute Gasteiger partial charge is 0.453 e. The molecule has 0 fully saturated rings. The first-order chi connectivity index (χ1) is 12.2. The Balaban J connectivity index is 1.56. The fourth-order valence-corrected chi connectivity index (χ4v) is 2.63. The average molecular weight is 357 g/mol. The maximum absolute atomic E-state index is 12.2. The number of hydrogen-bond acceptors (Lipinski definition) is 7. The van der Waals surface area contributed by atoms with Crippen LogP contribution in [0.2, 0.25) is 0 Å². The minimum atomic E-state index is -0.547. The normalized spacial score (nSPS) is 10.4. The number of carbonyl (C=O) groups excluding carboxylic acids is 2. The van der Waals surface area contributed by atoms with Gasteiger partial charge in [-0.05, 0) is 30.2 Å². The SMILES string of the molecule is CCc1ccc(NC(=O)c2nnc(COC(=O)c3ccn[nH]3)s2)cc1. The van der Waals surface area contributed by atoms with Gasteiger partial charge >= 0.3 is 5.97 Å². The molecule has 9 heteroatoms. The fourth-order valence-electron chi connectivity index (χ4n) is 1.99. The highest BCUT2D eigenvalue weighted by molar-refractivity contribution is 7.13. The molecule has 0 atom stereocenters. The number of esters is 1. The van der Waals surface area contributed by atoms with Gasteiger partial charge in [-0.3, -0.25) is 9.89 Å². The number of amides is 1. The molecule has 0 unspecified atom stereocenters. The second-order valence-corrected chi connectivity index (χ2v) is 6.11. The number of carbonyl (C=O) groups is 2. The molecule has 0 saturated heterocycles. The van der Waals surface area contributed by atoms with E-state index in [1.54, 1.807) is 0 Å². The van der Waals surface area contributed by atoms with Crippen molar-refractivity contribution in [2.75, 3.05) is 5.32 Å². The highest BCUT2D eigenvalue weighted by Crippen LogP contribution is 2.15. The Morgan fingerprint density at radius 2 is 2.00 bits per heavy atom. The predicted molar refractivity (Wildman–Crippen MR) is 91.4 cm³/mol. The summed E-state index contributed by atoms with van der Waals surface area (Å²) in [6.45, 7) is 2.00. The Morgan fingerprint density at radius 1 is 1.20 bits per heavy atom. The van der Waals surface area contributed by atoms with Crippen LogP contribution in [0.5, 0.6) is 0 Å². The lowest BCUT2D eigenvalue weighted by Crippen LogP contribution is -2.11. The Kier molecular flexibility index (Phi) is 5.14. The maximum Gasteiger partial charge on any atom is 0.356 e. The van der Waals surface area contributed by atoms with Crippen LogP contribution < -0.4 is 5.32 Å². The molecule has 0 aliphatic carbocycles. The lowest BCUT2D eigenvalue weighted by Gasteiger charge is -2.03. The van der Waals surface area contributed by atoms with Gasteiger partial charge in [-0.1, -0.05) is 30.4 Å². The number of aromatic nitrogens is 4. The van der Waals surface area contributed by atoms with Gasteiger partial charge in [-0.25, -0.2) is 4.79 Å². The minimum Gasteiger partial charge on any atom is -0.453 e. The van der Waals surface area contributed by atoms with Gasteiger partial charge in [-0.2, -0.15) is 5.10 Å². The van der Waals surface area contributed by atoms with Crippen molar-refractivity contribution in [1.29, 1.82) is 0 Å². The molecule has 1 amide bonds. The Bertz CT molecular complexity index is 858. The lowest BCUT2D eigenvalue weighted by molar-refractivity contribution is 0.0464. The van der Waals surface area contributed by atoms with Crippen LogP contribution in [0.4, 0.5) is 5.69 Å². The number of aryl methyl sites for hydroxylation is 1. The van der Waals surface area contributed by atoms with Gasteiger partial charge in [0.2, 0.25) is 5.01 Å². The van der Waals surface area contributed by atoms with Gasteiger partial charge in [0.05, 0.1) is 0 Å². The summed E-state index contributed by atoms with van der Waals surface area (Å²) in [6.07, 6.45) is 2.39. The van der Waals surface area contributed by atoms with E-state index in [-0.39, 0.29) is 23.2 Å². The zero-order valence-corrected chi connectivity index (χ0v) is 14.2. The lowest BCUT2D eigenvalue weighted by atomic mass is 10.1. The van der Waals surface area contributed by atoms with Crippen LogP contribution in [-0.2, 0) is 17.8 Å². The molecule has 3 aromatic rings. The van der Waals surface area contributed by atoms with Gasteiger partial charge in [0.25, 0.3) is 5.91 Å².